The van der Waals surface area contributed by atoms with Gasteiger partial charge in [0.1, 0.15) is 6.33 Å². The molecule has 0 aliphatic carbocycles. The number of tetrazole rings is 1. The molecule has 2 unspecified atom stereocenters. The van der Waals surface area contributed by atoms with Crippen molar-refractivity contribution < 1.29 is 4.74 Å². The summed E-state index contributed by atoms with van der Waals surface area (Å²) in [6, 6.07) is 8.50. The molecular weight excluding hydrogens is 242 g/mol. The number of hydrogen-bond donors (Lipinski definition) is 1. The highest BCUT2D eigenvalue weighted by Gasteiger charge is 2.21. The molecule has 100 valence electrons. The lowest BCUT2D eigenvalue weighted by Crippen LogP contribution is -2.26. The zero-order valence-corrected chi connectivity index (χ0v) is 10.9. The molecular formula is C13H17N5O. The summed E-state index contributed by atoms with van der Waals surface area (Å²) in [4.78, 5) is 0. The molecule has 0 spiro atoms. The van der Waals surface area contributed by atoms with E-state index in [9.17, 15) is 0 Å². The van der Waals surface area contributed by atoms with Crippen molar-refractivity contribution in [3.8, 4) is 5.69 Å². The second kappa shape index (κ2) is 5.36. The van der Waals surface area contributed by atoms with E-state index in [1.54, 1.807) is 11.0 Å². The molecule has 2 heterocycles. The van der Waals surface area contributed by atoms with E-state index in [0.717, 1.165) is 31.0 Å². The number of aromatic nitrogens is 4. The Morgan fingerprint density at radius 2 is 2.21 bits per heavy atom. The molecule has 0 saturated carbocycles. The Bertz CT molecular complexity index is 504. The van der Waals surface area contributed by atoms with Gasteiger partial charge in [0.05, 0.1) is 12.3 Å². The van der Waals surface area contributed by atoms with Crippen LogP contribution in [0.5, 0.6) is 0 Å². The summed E-state index contributed by atoms with van der Waals surface area (Å²) >= 11 is 0. The molecule has 19 heavy (non-hydrogen) atoms. The molecule has 0 radical (unpaired) electrons. The Balaban J connectivity index is 1.65. The van der Waals surface area contributed by atoms with Crippen LogP contribution in [0.1, 0.15) is 13.3 Å². The molecule has 2 atom stereocenters. The highest BCUT2D eigenvalue weighted by Crippen LogP contribution is 2.20. The van der Waals surface area contributed by atoms with Crippen molar-refractivity contribution in [1.82, 2.24) is 20.2 Å². The van der Waals surface area contributed by atoms with Crippen LogP contribution in [-0.4, -0.2) is 39.5 Å². The summed E-state index contributed by atoms with van der Waals surface area (Å²) in [7, 11) is 0. The first-order valence-corrected chi connectivity index (χ1v) is 6.50. The standard InChI is InChI=1S/C13H17N5O/c1-10(11-6-7-19-8-11)15-12-2-4-13(5-3-12)18-9-14-16-17-18/h2-5,9-11,15H,6-8H2,1H3. The highest BCUT2D eigenvalue weighted by molar-refractivity contribution is 5.48. The van der Waals surface area contributed by atoms with E-state index >= 15 is 0 Å². The number of nitrogens with zero attached hydrogens (tertiary/aromatic N) is 4. The first-order valence-electron chi connectivity index (χ1n) is 6.50. The van der Waals surface area contributed by atoms with Crippen molar-refractivity contribution in [2.45, 2.75) is 19.4 Å². The third kappa shape index (κ3) is 2.73. The number of nitrogens with one attached hydrogen (secondary N) is 1. The lowest BCUT2D eigenvalue weighted by molar-refractivity contribution is 0.183. The second-order valence-electron chi connectivity index (χ2n) is 4.86. The molecule has 1 aromatic heterocycles. The highest BCUT2D eigenvalue weighted by atomic mass is 16.5. The van der Waals surface area contributed by atoms with Gasteiger partial charge < -0.3 is 10.1 Å². The van der Waals surface area contributed by atoms with Gasteiger partial charge in [-0.05, 0) is 48.0 Å². The fourth-order valence-electron chi connectivity index (χ4n) is 2.32. The van der Waals surface area contributed by atoms with Gasteiger partial charge in [0.25, 0.3) is 0 Å². The summed E-state index contributed by atoms with van der Waals surface area (Å²) in [5.74, 6) is 0.596. The molecule has 1 aliphatic rings. The van der Waals surface area contributed by atoms with Gasteiger partial charge in [0.15, 0.2) is 0 Å². The summed E-state index contributed by atoms with van der Waals surface area (Å²) in [5.41, 5.74) is 2.06. The van der Waals surface area contributed by atoms with Gasteiger partial charge in [-0.3, -0.25) is 0 Å². The quantitative estimate of drug-likeness (QED) is 0.901. The van der Waals surface area contributed by atoms with Gasteiger partial charge in [-0.2, -0.15) is 0 Å². The largest absolute Gasteiger partial charge is 0.382 e. The third-order valence-corrected chi connectivity index (χ3v) is 3.55. The zero-order chi connectivity index (χ0) is 13.1. The minimum absolute atomic E-state index is 0.418. The van der Waals surface area contributed by atoms with E-state index in [1.165, 1.54) is 0 Å². The summed E-state index contributed by atoms with van der Waals surface area (Å²) in [5, 5.41) is 14.6. The van der Waals surface area contributed by atoms with E-state index in [0.29, 0.717) is 12.0 Å². The van der Waals surface area contributed by atoms with Crippen molar-refractivity contribution in [1.29, 1.82) is 0 Å². The van der Waals surface area contributed by atoms with E-state index in [4.69, 9.17) is 4.74 Å². The van der Waals surface area contributed by atoms with Gasteiger partial charge in [0.2, 0.25) is 0 Å². The fourth-order valence-corrected chi connectivity index (χ4v) is 2.32. The number of ether oxygens (including phenoxy) is 1. The summed E-state index contributed by atoms with van der Waals surface area (Å²) in [6.07, 6.45) is 2.72. The van der Waals surface area contributed by atoms with Crippen LogP contribution in [-0.2, 0) is 4.74 Å². The van der Waals surface area contributed by atoms with Crippen LogP contribution in [0, 0.1) is 5.92 Å². The molecule has 6 heteroatoms. The van der Waals surface area contributed by atoms with Crippen LogP contribution in [0.3, 0.4) is 0 Å². The lowest BCUT2D eigenvalue weighted by Gasteiger charge is -2.20. The second-order valence-corrected chi connectivity index (χ2v) is 4.86. The molecule has 0 amide bonds. The molecule has 1 aromatic carbocycles. The summed E-state index contributed by atoms with van der Waals surface area (Å²) in [6.45, 7) is 3.94. The molecule has 6 nitrogen and oxygen atoms in total. The Labute approximate surface area is 111 Å². The number of hydrogen-bond acceptors (Lipinski definition) is 5. The van der Waals surface area contributed by atoms with Crippen molar-refractivity contribution in [3.05, 3.63) is 30.6 Å². The molecule has 0 bridgehead atoms. The van der Waals surface area contributed by atoms with E-state index in [2.05, 4.69) is 27.8 Å². The Hall–Kier alpha value is -1.95. The van der Waals surface area contributed by atoms with Crippen molar-refractivity contribution in [2.24, 2.45) is 5.92 Å². The van der Waals surface area contributed by atoms with Crippen LogP contribution in [0.15, 0.2) is 30.6 Å². The van der Waals surface area contributed by atoms with E-state index in [1.807, 2.05) is 24.3 Å². The lowest BCUT2D eigenvalue weighted by atomic mass is 10.0. The van der Waals surface area contributed by atoms with Gasteiger partial charge in [-0.1, -0.05) is 0 Å². The van der Waals surface area contributed by atoms with Crippen molar-refractivity contribution >= 4 is 5.69 Å². The van der Waals surface area contributed by atoms with Crippen LogP contribution in [0.25, 0.3) is 5.69 Å². The predicted molar refractivity (Wildman–Crippen MR) is 71.2 cm³/mol. The molecule has 1 fully saturated rings. The maximum Gasteiger partial charge on any atom is 0.143 e. The Kier molecular flexibility index (Phi) is 3.41. The topological polar surface area (TPSA) is 64.9 Å². The SMILES string of the molecule is CC(Nc1ccc(-n2cnnn2)cc1)C1CCOC1. The third-order valence-electron chi connectivity index (χ3n) is 3.55. The monoisotopic (exact) mass is 259 g/mol. The Morgan fingerprint density at radius 1 is 1.37 bits per heavy atom. The molecule has 2 aromatic rings. The first kappa shape index (κ1) is 12.1. The predicted octanol–water partition coefficient (Wildman–Crippen LogP) is 1.50. The average molecular weight is 259 g/mol. The molecule has 1 N–H and O–H groups in total. The fraction of sp³-hybridized carbons (Fsp3) is 0.462. The zero-order valence-electron chi connectivity index (χ0n) is 10.9. The van der Waals surface area contributed by atoms with Crippen molar-refractivity contribution in [3.63, 3.8) is 0 Å². The molecule has 1 aliphatic heterocycles. The van der Waals surface area contributed by atoms with Gasteiger partial charge in [-0.25, -0.2) is 4.68 Å². The van der Waals surface area contributed by atoms with Gasteiger partial charge in [0, 0.05) is 24.3 Å². The Morgan fingerprint density at radius 3 is 2.84 bits per heavy atom. The maximum atomic E-state index is 5.42. The molecule has 3 rings (SSSR count). The van der Waals surface area contributed by atoms with Gasteiger partial charge >= 0.3 is 0 Å². The number of benzene rings is 1. The average Bonchev–Trinajstić information content (AvgIpc) is 3.13. The minimum atomic E-state index is 0.418. The van der Waals surface area contributed by atoms with Crippen molar-refractivity contribution in [2.75, 3.05) is 18.5 Å². The van der Waals surface area contributed by atoms with Crippen LogP contribution < -0.4 is 5.32 Å². The van der Waals surface area contributed by atoms with Gasteiger partial charge in [-0.15, -0.1) is 5.10 Å². The minimum Gasteiger partial charge on any atom is -0.382 e. The maximum absolute atomic E-state index is 5.42. The summed E-state index contributed by atoms with van der Waals surface area (Å²) < 4.78 is 7.06. The molecule has 1 saturated heterocycles. The van der Waals surface area contributed by atoms with Crippen LogP contribution in [0.4, 0.5) is 5.69 Å². The number of anilines is 1. The van der Waals surface area contributed by atoms with Crippen LogP contribution >= 0.6 is 0 Å². The van der Waals surface area contributed by atoms with E-state index < -0.39 is 0 Å². The smallest absolute Gasteiger partial charge is 0.143 e. The normalized spacial score (nSPS) is 20.4. The first-order chi connectivity index (χ1) is 9.33. The van der Waals surface area contributed by atoms with E-state index in [-0.39, 0.29) is 0 Å². The number of rotatable bonds is 4. The van der Waals surface area contributed by atoms with Crippen LogP contribution in [0.2, 0.25) is 0 Å².